The van der Waals surface area contributed by atoms with Crippen molar-refractivity contribution in [1.29, 1.82) is 0 Å². The molecule has 2 aliphatic heterocycles. The van der Waals surface area contributed by atoms with Crippen LogP contribution in [0, 0.1) is 0 Å². The van der Waals surface area contributed by atoms with Crippen molar-refractivity contribution < 1.29 is 14.3 Å². The maximum Gasteiger partial charge on any atom is 0.326 e. The first-order valence-corrected chi connectivity index (χ1v) is 10.9. The van der Waals surface area contributed by atoms with Crippen LogP contribution in [-0.2, 0) is 10.3 Å². The van der Waals surface area contributed by atoms with Crippen LogP contribution in [0.2, 0.25) is 5.02 Å². The predicted molar refractivity (Wildman–Crippen MR) is 120 cm³/mol. The van der Waals surface area contributed by atoms with Crippen LogP contribution < -0.4 is 15.0 Å². The van der Waals surface area contributed by atoms with Gasteiger partial charge in [-0.3, -0.25) is 9.69 Å². The molecular formula is C23H27ClN4O3. The van der Waals surface area contributed by atoms with E-state index >= 15 is 0 Å². The summed E-state index contributed by atoms with van der Waals surface area (Å²) in [5.41, 5.74) is 0.748. The number of imide groups is 1. The zero-order valence-electron chi connectivity index (χ0n) is 17.8. The van der Waals surface area contributed by atoms with Gasteiger partial charge in [0.15, 0.2) is 0 Å². The Morgan fingerprint density at radius 3 is 2.42 bits per heavy atom. The summed E-state index contributed by atoms with van der Waals surface area (Å²) in [6.07, 6.45) is 0. The van der Waals surface area contributed by atoms with Crippen LogP contribution in [0.1, 0.15) is 19.4 Å². The fourth-order valence-electron chi connectivity index (χ4n) is 4.09. The third-order valence-electron chi connectivity index (χ3n) is 5.90. The average molecular weight is 443 g/mol. The molecule has 0 bridgehead atoms. The standard InChI is InChI=1S/C23H27ClN4O3/c1-3-31-20-9-7-17(8-10-20)23(2)21(29)28(22(30)25-23)16-26-11-13-27(14-12-26)19-6-4-5-18(24)15-19/h4-10,15H,3,11-14,16H2,1-2H3,(H,25,30). The highest BCUT2D eigenvalue weighted by Gasteiger charge is 2.49. The molecule has 7 nitrogen and oxygen atoms in total. The molecule has 0 aromatic heterocycles. The fourth-order valence-corrected chi connectivity index (χ4v) is 4.28. The number of hydrogen-bond donors (Lipinski definition) is 1. The SMILES string of the molecule is CCOc1ccc(C2(C)NC(=O)N(CN3CCN(c4cccc(Cl)c4)CC3)C2=O)cc1. The summed E-state index contributed by atoms with van der Waals surface area (Å²) >= 11 is 6.11. The topological polar surface area (TPSA) is 65.1 Å². The van der Waals surface area contributed by atoms with Gasteiger partial charge in [0.2, 0.25) is 0 Å². The zero-order chi connectivity index (χ0) is 22.0. The second-order valence-corrected chi connectivity index (χ2v) is 8.41. The maximum atomic E-state index is 13.2. The molecule has 2 aliphatic rings. The number of hydrogen-bond acceptors (Lipinski definition) is 5. The molecule has 2 saturated heterocycles. The van der Waals surface area contributed by atoms with Crippen molar-refractivity contribution in [3.63, 3.8) is 0 Å². The smallest absolute Gasteiger partial charge is 0.326 e. The third kappa shape index (κ3) is 4.34. The molecule has 3 amide bonds. The summed E-state index contributed by atoms with van der Waals surface area (Å²) in [7, 11) is 0. The minimum Gasteiger partial charge on any atom is -0.494 e. The van der Waals surface area contributed by atoms with E-state index in [2.05, 4.69) is 15.1 Å². The lowest BCUT2D eigenvalue weighted by Gasteiger charge is -2.37. The van der Waals surface area contributed by atoms with Crippen molar-refractivity contribution in [3.05, 3.63) is 59.1 Å². The monoisotopic (exact) mass is 442 g/mol. The molecule has 1 atom stereocenters. The summed E-state index contributed by atoms with van der Waals surface area (Å²) in [6.45, 7) is 7.64. The van der Waals surface area contributed by atoms with E-state index < -0.39 is 5.54 Å². The minimum atomic E-state index is -1.08. The lowest BCUT2D eigenvalue weighted by molar-refractivity contribution is -0.132. The number of ether oxygens (including phenoxy) is 1. The number of carbonyl (C=O) groups is 2. The highest BCUT2D eigenvalue weighted by atomic mass is 35.5. The normalized spacial score (nSPS) is 22.0. The molecule has 8 heteroatoms. The number of carbonyl (C=O) groups excluding carboxylic acids is 2. The molecule has 1 unspecified atom stereocenters. The summed E-state index contributed by atoms with van der Waals surface area (Å²) in [6, 6.07) is 14.7. The van der Waals surface area contributed by atoms with Gasteiger partial charge in [0, 0.05) is 36.9 Å². The lowest BCUT2D eigenvalue weighted by atomic mass is 9.92. The van der Waals surface area contributed by atoms with Crippen molar-refractivity contribution in [2.45, 2.75) is 19.4 Å². The number of halogens is 1. The van der Waals surface area contributed by atoms with Gasteiger partial charge < -0.3 is 15.0 Å². The number of rotatable bonds is 6. The number of nitrogens with zero attached hydrogens (tertiary/aromatic N) is 3. The summed E-state index contributed by atoms with van der Waals surface area (Å²) < 4.78 is 5.47. The van der Waals surface area contributed by atoms with Gasteiger partial charge in [0.05, 0.1) is 13.3 Å². The number of piperazine rings is 1. The summed E-state index contributed by atoms with van der Waals surface area (Å²) in [5.74, 6) is 0.500. The van der Waals surface area contributed by atoms with Crippen LogP contribution in [0.25, 0.3) is 0 Å². The Morgan fingerprint density at radius 1 is 1.06 bits per heavy atom. The molecule has 2 fully saturated rings. The van der Waals surface area contributed by atoms with Gasteiger partial charge in [-0.15, -0.1) is 0 Å². The first-order chi connectivity index (χ1) is 14.9. The van der Waals surface area contributed by atoms with Gasteiger partial charge in [-0.05, 0) is 49.7 Å². The van der Waals surface area contributed by atoms with E-state index in [1.165, 1.54) is 4.90 Å². The molecule has 4 rings (SSSR count). The molecule has 0 radical (unpaired) electrons. The Labute approximate surface area is 187 Å². The van der Waals surface area contributed by atoms with Crippen LogP contribution in [0.5, 0.6) is 5.75 Å². The first kappa shape index (κ1) is 21.5. The van der Waals surface area contributed by atoms with Gasteiger partial charge in [-0.25, -0.2) is 9.69 Å². The predicted octanol–water partition coefficient (Wildman–Crippen LogP) is 3.29. The van der Waals surface area contributed by atoms with Crippen molar-refractivity contribution in [3.8, 4) is 5.75 Å². The molecule has 0 spiro atoms. The first-order valence-electron chi connectivity index (χ1n) is 10.5. The Kier molecular flexibility index (Phi) is 6.07. The molecular weight excluding hydrogens is 416 g/mol. The lowest BCUT2D eigenvalue weighted by Crippen LogP contribution is -2.51. The van der Waals surface area contributed by atoms with E-state index in [1.807, 2.05) is 55.5 Å². The van der Waals surface area contributed by atoms with Crippen molar-refractivity contribution >= 4 is 29.2 Å². The van der Waals surface area contributed by atoms with Gasteiger partial charge in [-0.1, -0.05) is 29.8 Å². The third-order valence-corrected chi connectivity index (χ3v) is 6.14. The van der Waals surface area contributed by atoms with Gasteiger partial charge in [-0.2, -0.15) is 0 Å². The number of benzene rings is 2. The molecule has 2 aromatic carbocycles. The molecule has 1 N–H and O–H groups in total. The van der Waals surface area contributed by atoms with Gasteiger partial charge >= 0.3 is 6.03 Å². The fraction of sp³-hybridized carbons (Fsp3) is 0.391. The van der Waals surface area contributed by atoms with Crippen LogP contribution in [0.15, 0.2) is 48.5 Å². The Balaban J connectivity index is 1.39. The maximum absolute atomic E-state index is 13.2. The number of amides is 3. The van der Waals surface area contributed by atoms with Crippen molar-refractivity contribution in [1.82, 2.24) is 15.1 Å². The second-order valence-electron chi connectivity index (χ2n) is 7.97. The number of urea groups is 1. The van der Waals surface area contributed by atoms with E-state index in [9.17, 15) is 9.59 Å². The zero-order valence-corrected chi connectivity index (χ0v) is 18.6. The number of nitrogens with one attached hydrogen (secondary N) is 1. The molecule has 31 heavy (non-hydrogen) atoms. The molecule has 0 aliphatic carbocycles. The molecule has 164 valence electrons. The molecule has 0 saturated carbocycles. The quantitative estimate of drug-likeness (QED) is 0.695. The Morgan fingerprint density at radius 2 is 1.77 bits per heavy atom. The Hall–Kier alpha value is -2.77. The van der Waals surface area contributed by atoms with Crippen LogP contribution >= 0.6 is 11.6 Å². The van der Waals surface area contributed by atoms with Gasteiger partial charge in [0.1, 0.15) is 11.3 Å². The summed E-state index contributed by atoms with van der Waals surface area (Å²) in [4.78, 5) is 31.6. The van der Waals surface area contributed by atoms with Crippen molar-refractivity contribution in [2.24, 2.45) is 0 Å². The number of anilines is 1. The highest BCUT2D eigenvalue weighted by molar-refractivity contribution is 6.30. The average Bonchev–Trinajstić information content (AvgIpc) is 2.99. The highest BCUT2D eigenvalue weighted by Crippen LogP contribution is 2.30. The van der Waals surface area contributed by atoms with Crippen LogP contribution in [-0.4, -0.2) is 61.2 Å². The van der Waals surface area contributed by atoms with E-state index in [0.717, 1.165) is 43.2 Å². The summed E-state index contributed by atoms with van der Waals surface area (Å²) in [5, 5.41) is 3.59. The van der Waals surface area contributed by atoms with Crippen LogP contribution in [0.3, 0.4) is 0 Å². The van der Waals surface area contributed by atoms with E-state index in [1.54, 1.807) is 6.92 Å². The van der Waals surface area contributed by atoms with Gasteiger partial charge in [0.25, 0.3) is 5.91 Å². The van der Waals surface area contributed by atoms with Crippen molar-refractivity contribution in [2.75, 3.05) is 44.4 Å². The van der Waals surface area contributed by atoms with Crippen LogP contribution in [0.4, 0.5) is 10.5 Å². The largest absolute Gasteiger partial charge is 0.494 e. The minimum absolute atomic E-state index is 0.237. The Bertz CT molecular complexity index is 960. The second kappa shape index (κ2) is 8.77. The van der Waals surface area contributed by atoms with E-state index in [4.69, 9.17) is 16.3 Å². The van der Waals surface area contributed by atoms with E-state index in [0.29, 0.717) is 11.6 Å². The molecule has 2 heterocycles. The molecule has 2 aromatic rings. The van der Waals surface area contributed by atoms with E-state index in [-0.39, 0.29) is 18.6 Å².